The van der Waals surface area contributed by atoms with Gasteiger partial charge in [-0.2, -0.15) is 9.97 Å². The Morgan fingerprint density at radius 3 is 2.53 bits per heavy atom. The summed E-state index contributed by atoms with van der Waals surface area (Å²) in [5.41, 5.74) is 0. The van der Waals surface area contributed by atoms with Gasteiger partial charge in [-0.05, 0) is 12.8 Å². The third-order valence-electron chi connectivity index (χ3n) is 2.59. The highest BCUT2D eigenvalue weighted by atomic mass is 16.5. The van der Waals surface area contributed by atoms with Gasteiger partial charge in [-0.3, -0.25) is 0 Å². The quantitative estimate of drug-likeness (QED) is 0.848. The first kappa shape index (κ1) is 11.9. The fourth-order valence-corrected chi connectivity index (χ4v) is 1.71. The average molecular weight is 239 g/mol. The normalized spacial score (nSPS) is 19.8. The van der Waals surface area contributed by atoms with Gasteiger partial charge in [0.15, 0.2) is 0 Å². The maximum Gasteiger partial charge on any atom is 0.229 e. The number of nitrogens with zero attached hydrogens (tertiary/aromatic N) is 2. The molecule has 2 heterocycles. The summed E-state index contributed by atoms with van der Waals surface area (Å²) in [5.74, 6) is 1.48. The van der Waals surface area contributed by atoms with Gasteiger partial charge in [-0.25, -0.2) is 0 Å². The SMILES string of the molecule is COc1cc(OC)nc(NC2CCCOC2)n1. The summed E-state index contributed by atoms with van der Waals surface area (Å²) >= 11 is 0. The van der Waals surface area contributed by atoms with E-state index in [9.17, 15) is 0 Å². The predicted octanol–water partition coefficient (Wildman–Crippen LogP) is 1.08. The second kappa shape index (κ2) is 5.67. The molecule has 0 radical (unpaired) electrons. The number of nitrogens with one attached hydrogen (secondary N) is 1. The third kappa shape index (κ3) is 3.20. The summed E-state index contributed by atoms with van der Waals surface area (Å²) in [6, 6.07) is 1.89. The van der Waals surface area contributed by atoms with Gasteiger partial charge in [0.1, 0.15) is 0 Å². The first-order valence-electron chi connectivity index (χ1n) is 5.63. The number of ether oxygens (including phenoxy) is 3. The van der Waals surface area contributed by atoms with Gasteiger partial charge >= 0.3 is 0 Å². The number of methoxy groups -OCH3 is 2. The minimum atomic E-state index is 0.251. The van der Waals surface area contributed by atoms with Crippen molar-refractivity contribution in [3.63, 3.8) is 0 Å². The van der Waals surface area contributed by atoms with Gasteiger partial charge in [0.05, 0.1) is 32.9 Å². The summed E-state index contributed by atoms with van der Waals surface area (Å²) in [6.07, 6.45) is 2.11. The van der Waals surface area contributed by atoms with Gasteiger partial charge in [0.25, 0.3) is 0 Å². The maximum atomic E-state index is 5.39. The molecule has 0 bridgehead atoms. The first-order chi connectivity index (χ1) is 8.31. The van der Waals surface area contributed by atoms with E-state index in [2.05, 4.69) is 15.3 Å². The average Bonchev–Trinajstić information content (AvgIpc) is 2.39. The lowest BCUT2D eigenvalue weighted by atomic mass is 10.1. The molecule has 1 atom stereocenters. The molecule has 1 aromatic rings. The van der Waals surface area contributed by atoms with Crippen molar-refractivity contribution in [2.75, 3.05) is 32.8 Å². The molecule has 6 heteroatoms. The largest absolute Gasteiger partial charge is 0.481 e. The summed E-state index contributed by atoms with van der Waals surface area (Å²) in [6.45, 7) is 1.52. The van der Waals surface area contributed by atoms with E-state index < -0.39 is 0 Å². The number of hydrogen-bond acceptors (Lipinski definition) is 6. The van der Waals surface area contributed by atoms with Crippen LogP contribution in [0.2, 0.25) is 0 Å². The van der Waals surface area contributed by atoms with Crippen LogP contribution in [0.4, 0.5) is 5.95 Å². The lowest BCUT2D eigenvalue weighted by molar-refractivity contribution is 0.0873. The minimum absolute atomic E-state index is 0.251. The van der Waals surface area contributed by atoms with E-state index in [0.717, 1.165) is 19.4 Å². The van der Waals surface area contributed by atoms with E-state index in [1.165, 1.54) is 0 Å². The highest BCUT2D eigenvalue weighted by molar-refractivity contribution is 5.34. The van der Waals surface area contributed by atoms with E-state index >= 15 is 0 Å². The van der Waals surface area contributed by atoms with Crippen LogP contribution in [-0.4, -0.2) is 43.4 Å². The van der Waals surface area contributed by atoms with Gasteiger partial charge in [-0.15, -0.1) is 0 Å². The minimum Gasteiger partial charge on any atom is -0.481 e. The Kier molecular flexibility index (Phi) is 3.98. The molecule has 6 nitrogen and oxygen atoms in total. The molecule has 2 rings (SSSR count). The molecule has 0 saturated carbocycles. The highest BCUT2D eigenvalue weighted by Crippen LogP contribution is 2.19. The van der Waals surface area contributed by atoms with Crippen molar-refractivity contribution < 1.29 is 14.2 Å². The standard InChI is InChI=1S/C11H17N3O3/c1-15-9-6-10(16-2)14-11(13-9)12-8-4-3-5-17-7-8/h6,8H,3-5,7H2,1-2H3,(H,12,13,14). The topological polar surface area (TPSA) is 65.5 Å². The molecule has 0 spiro atoms. The summed E-state index contributed by atoms with van der Waals surface area (Å²) in [7, 11) is 3.13. The predicted molar refractivity (Wildman–Crippen MR) is 62.6 cm³/mol. The lowest BCUT2D eigenvalue weighted by Gasteiger charge is -2.23. The molecule has 1 N–H and O–H groups in total. The maximum absolute atomic E-state index is 5.39. The number of aromatic nitrogens is 2. The Labute approximate surface area is 100 Å². The summed E-state index contributed by atoms with van der Waals surface area (Å²) in [4.78, 5) is 8.43. The first-order valence-corrected chi connectivity index (χ1v) is 5.63. The van der Waals surface area contributed by atoms with Crippen LogP contribution in [-0.2, 0) is 4.74 Å². The van der Waals surface area contributed by atoms with Crippen LogP contribution in [0.15, 0.2) is 6.07 Å². The molecule has 0 aliphatic carbocycles. The van der Waals surface area contributed by atoms with E-state index in [0.29, 0.717) is 24.3 Å². The van der Waals surface area contributed by atoms with Crippen molar-refractivity contribution in [2.45, 2.75) is 18.9 Å². The molecule has 17 heavy (non-hydrogen) atoms. The van der Waals surface area contributed by atoms with Crippen molar-refractivity contribution >= 4 is 5.95 Å². The van der Waals surface area contributed by atoms with Crippen LogP contribution in [0, 0.1) is 0 Å². The molecule has 1 aromatic heterocycles. The lowest BCUT2D eigenvalue weighted by Crippen LogP contribution is -2.30. The molecule has 1 saturated heterocycles. The molecule has 94 valence electrons. The fourth-order valence-electron chi connectivity index (χ4n) is 1.71. The number of anilines is 1. The van der Waals surface area contributed by atoms with E-state index in [-0.39, 0.29) is 6.04 Å². The summed E-state index contributed by atoms with van der Waals surface area (Å²) < 4.78 is 15.6. The van der Waals surface area contributed by atoms with Crippen molar-refractivity contribution in [1.29, 1.82) is 0 Å². The van der Waals surface area contributed by atoms with Crippen LogP contribution in [0.3, 0.4) is 0 Å². The molecule has 0 amide bonds. The zero-order valence-electron chi connectivity index (χ0n) is 10.1. The van der Waals surface area contributed by atoms with Crippen molar-refractivity contribution in [3.05, 3.63) is 6.07 Å². The second-order valence-corrected chi connectivity index (χ2v) is 3.83. The van der Waals surface area contributed by atoms with Crippen LogP contribution in [0.25, 0.3) is 0 Å². The Morgan fingerprint density at radius 2 is 2.00 bits per heavy atom. The zero-order chi connectivity index (χ0) is 12.1. The third-order valence-corrected chi connectivity index (χ3v) is 2.59. The highest BCUT2D eigenvalue weighted by Gasteiger charge is 2.15. The molecular weight excluding hydrogens is 222 g/mol. The van der Waals surface area contributed by atoms with Crippen LogP contribution in [0.1, 0.15) is 12.8 Å². The van der Waals surface area contributed by atoms with E-state index in [1.54, 1.807) is 20.3 Å². The fraction of sp³-hybridized carbons (Fsp3) is 0.636. The summed E-state index contributed by atoms with van der Waals surface area (Å²) in [5, 5.41) is 3.22. The molecule has 0 aromatic carbocycles. The van der Waals surface area contributed by atoms with Crippen LogP contribution < -0.4 is 14.8 Å². The molecule has 1 fully saturated rings. The Morgan fingerprint density at radius 1 is 1.29 bits per heavy atom. The number of rotatable bonds is 4. The van der Waals surface area contributed by atoms with Crippen LogP contribution in [0.5, 0.6) is 11.8 Å². The second-order valence-electron chi connectivity index (χ2n) is 3.83. The van der Waals surface area contributed by atoms with Crippen molar-refractivity contribution in [2.24, 2.45) is 0 Å². The van der Waals surface area contributed by atoms with E-state index in [4.69, 9.17) is 14.2 Å². The van der Waals surface area contributed by atoms with Gasteiger partial charge in [-0.1, -0.05) is 0 Å². The van der Waals surface area contributed by atoms with Crippen molar-refractivity contribution in [1.82, 2.24) is 9.97 Å². The molecule has 1 aliphatic heterocycles. The number of hydrogen-bond donors (Lipinski definition) is 1. The van der Waals surface area contributed by atoms with Gasteiger partial charge in [0.2, 0.25) is 17.7 Å². The van der Waals surface area contributed by atoms with Crippen LogP contribution >= 0.6 is 0 Å². The van der Waals surface area contributed by atoms with Gasteiger partial charge < -0.3 is 19.5 Å². The zero-order valence-corrected chi connectivity index (χ0v) is 10.1. The monoisotopic (exact) mass is 239 g/mol. The Bertz CT molecular complexity index is 345. The Balaban J connectivity index is 2.07. The molecule has 1 aliphatic rings. The smallest absolute Gasteiger partial charge is 0.229 e. The van der Waals surface area contributed by atoms with Crippen molar-refractivity contribution in [3.8, 4) is 11.8 Å². The molecule has 1 unspecified atom stereocenters. The van der Waals surface area contributed by atoms with E-state index in [1.807, 2.05) is 0 Å². The molecular formula is C11H17N3O3. The Hall–Kier alpha value is -1.56. The van der Waals surface area contributed by atoms with Gasteiger partial charge in [0, 0.05) is 6.61 Å².